The standard InChI is InChI=1S/C11H12N4O3/c1-7-12-4-3-10(14-7)18-6-9-8(11(16)17)5-13-15(9)2/h3-5H,6H2,1-2H3,(H,16,17). The Hall–Kier alpha value is -2.44. The van der Waals surface area contributed by atoms with E-state index in [1.54, 1.807) is 26.2 Å². The van der Waals surface area contributed by atoms with Gasteiger partial charge in [-0.1, -0.05) is 0 Å². The van der Waals surface area contributed by atoms with Gasteiger partial charge in [0.15, 0.2) is 0 Å². The van der Waals surface area contributed by atoms with Crippen molar-refractivity contribution >= 4 is 5.97 Å². The molecule has 7 heteroatoms. The maximum absolute atomic E-state index is 11.0. The Kier molecular flexibility index (Phi) is 3.22. The molecule has 0 radical (unpaired) electrons. The van der Waals surface area contributed by atoms with Crippen LogP contribution in [0.1, 0.15) is 21.9 Å². The number of aryl methyl sites for hydroxylation is 2. The van der Waals surface area contributed by atoms with Gasteiger partial charge >= 0.3 is 5.97 Å². The van der Waals surface area contributed by atoms with Crippen LogP contribution in [0, 0.1) is 6.92 Å². The molecule has 0 aromatic carbocycles. The molecular weight excluding hydrogens is 236 g/mol. The van der Waals surface area contributed by atoms with Crippen LogP contribution in [0.4, 0.5) is 0 Å². The highest BCUT2D eigenvalue weighted by Crippen LogP contribution is 2.12. The van der Waals surface area contributed by atoms with Gasteiger partial charge in [0.25, 0.3) is 0 Å². The van der Waals surface area contributed by atoms with Gasteiger partial charge in [0.1, 0.15) is 18.0 Å². The zero-order chi connectivity index (χ0) is 13.1. The summed E-state index contributed by atoms with van der Waals surface area (Å²) in [5, 5.41) is 12.9. The number of carboxylic acid groups (broad SMARTS) is 1. The minimum atomic E-state index is -1.03. The van der Waals surface area contributed by atoms with E-state index in [0.29, 0.717) is 17.4 Å². The van der Waals surface area contributed by atoms with Crippen molar-refractivity contribution in [1.82, 2.24) is 19.7 Å². The van der Waals surface area contributed by atoms with Crippen LogP contribution in [0.2, 0.25) is 0 Å². The van der Waals surface area contributed by atoms with E-state index in [1.807, 2.05) is 0 Å². The molecule has 94 valence electrons. The zero-order valence-electron chi connectivity index (χ0n) is 9.99. The van der Waals surface area contributed by atoms with Gasteiger partial charge in [0.05, 0.1) is 11.9 Å². The van der Waals surface area contributed by atoms with Gasteiger partial charge in [-0.2, -0.15) is 10.1 Å². The van der Waals surface area contributed by atoms with E-state index < -0.39 is 5.97 Å². The lowest BCUT2D eigenvalue weighted by molar-refractivity contribution is 0.0693. The number of rotatable bonds is 4. The second-order valence-electron chi connectivity index (χ2n) is 3.66. The Morgan fingerprint density at radius 1 is 1.56 bits per heavy atom. The topological polar surface area (TPSA) is 90.1 Å². The minimum Gasteiger partial charge on any atom is -0.478 e. The van der Waals surface area contributed by atoms with E-state index in [9.17, 15) is 4.79 Å². The normalized spacial score (nSPS) is 10.3. The van der Waals surface area contributed by atoms with Crippen molar-refractivity contribution in [2.24, 2.45) is 7.05 Å². The molecule has 1 N–H and O–H groups in total. The highest BCUT2D eigenvalue weighted by molar-refractivity contribution is 5.88. The number of carboxylic acids is 1. The van der Waals surface area contributed by atoms with Gasteiger partial charge in [-0.3, -0.25) is 4.68 Å². The number of aromatic carboxylic acids is 1. The summed E-state index contributed by atoms with van der Waals surface area (Å²) in [7, 11) is 1.66. The molecule has 0 aliphatic rings. The van der Waals surface area contributed by atoms with Gasteiger partial charge in [-0.15, -0.1) is 0 Å². The average Bonchev–Trinajstić information content (AvgIpc) is 2.68. The smallest absolute Gasteiger partial charge is 0.339 e. The molecule has 2 rings (SSSR count). The molecule has 0 saturated heterocycles. The summed E-state index contributed by atoms with van der Waals surface area (Å²) >= 11 is 0. The van der Waals surface area contributed by atoms with E-state index in [0.717, 1.165) is 0 Å². The minimum absolute atomic E-state index is 0.0919. The molecule has 0 fully saturated rings. The first kappa shape index (κ1) is 12.0. The van der Waals surface area contributed by atoms with Gasteiger partial charge in [0.2, 0.25) is 5.88 Å². The molecule has 2 heterocycles. The van der Waals surface area contributed by atoms with E-state index >= 15 is 0 Å². The van der Waals surface area contributed by atoms with E-state index in [-0.39, 0.29) is 12.2 Å². The molecule has 18 heavy (non-hydrogen) atoms. The lowest BCUT2D eigenvalue weighted by atomic mass is 10.2. The van der Waals surface area contributed by atoms with Crippen molar-refractivity contribution < 1.29 is 14.6 Å². The summed E-state index contributed by atoms with van der Waals surface area (Å²) in [6, 6.07) is 1.61. The monoisotopic (exact) mass is 248 g/mol. The van der Waals surface area contributed by atoms with Gasteiger partial charge < -0.3 is 9.84 Å². The molecular formula is C11H12N4O3. The summed E-state index contributed by atoms with van der Waals surface area (Å²) in [5.41, 5.74) is 0.613. The lowest BCUT2D eigenvalue weighted by Gasteiger charge is -2.06. The first-order valence-corrected chi connectivity index (χ1v) is 5.24. The Balaban J connectivity index is 2.15. The van der Waals surface area contributed by atoms with Crippen molar-refractivity contribution in [3.63, 3.8) is 0 Å². The van der Waals surface area contributed by atoms with Crippen molar-refractivity contribution in [2.45, 2.75) is 13.5 Å². The second-order valence-corrected chi connectivity index (χ2v) is 3.66. The Morgan fingerprint density at radius 2 is 2.33 bits per heavy atom. The third kappa shape index (κ3) is 2.45. The van der Waals surface area contributed by atoms with Gasteiger partial charge in [0, 0.05) is 19.3 Å². The molecule has 0 aliphatic heterocycles. The molecule has 0 bridgehead atoms. The first-order chi connectivity index (χ1) is 8.58. The molecule has 2 aromatic heterocycles. The van der Waals surface area contributed by atoms with Crippen molar-refractivity contribution in [3.05, 3.63) is 35.5 Å². The molecule has 0 amide bonds. The largest absolute Gasteiger partial charge is 0.478 e. The van der Waals surface area contributed by atoms with Gasteiger partial charge in [-0.25, -0.2) is 9.78 Å². The van der Waals surface area contributed by atoms with Gasteiger partial charge in [-0.05, 0) is 6.92 Å². The Morgan fingerprint density at radius 3 is 3.00 bits per heavy atom. The fourth-order valence-electron chi connectivity index (χ4n) is 1.47. The van der Waals surface area contributed by atoms with Crippen molar-refractivity contribution in [2.75, 3.05) is 0 Å². The number of nitrogens with zero attached hydrogens (tertiary/aromatic N) is 4. The van der Waals surface area contributed by atoms with Crippen LogP contribution >= 0.6 is 0 Å². The highest BCUT2D eigenvalue weighted by atomic mass is 16.5. The van der Waals surface area contributed by atoms with Crippen LogP contribution in [-0.2, 0) is 13.7 Å². The van der Waals surface area contributed by atoms with Crippen molar-refractivity contribution in [1.29, 1.82) is 0 Å². The van der Waals surface area contributed by atoms with E-state index in [1.165, 1.54) is 10.9 Å². The summed E-state index contributed by atoms with van der Waals surface area (Å²) in [6.45, 7) is 1.84. The molecule has 0 atom stereocenters. The summed E-state index contributed by atoms with van der Waals surface area (Å²) in [5.74, 6) is -0.0310. The lowest BCUT2D eigenvalue weighted by Crippen LogP contribution is -2.09. The number of hydrogen-bond acceptors (Lipinski definition) is 5. The van der Waals surface area contributed by atoms with Crippen LogP contribution in [-0.4, -0.2) is 30.8 Å². The number of carbonyl (C=O) groups is 1. The van der Waals surface area contributed by atoms with Crippen LogP contribution in [0.25, 0.3) is 0 Å². The van der Waals surface area contributed by atoms with Crippen molar-refractivity contribution in [3.8, 4) is 5.88 Å². The molecule has 0 spiro atoms. The fourth-order valence-corrected chi connectivity index (χ4v) is 1.47. The predicted octanol–water partition coefficient (Wildman–Crippen LogP) is 0.796. The maximum atomic E-state index is 11.0. The predicted molar refractivity (Wildman–Crippen MR) is 61.3 cm³/mol. The third-order valence-corrected chi connectivity index (χ3v) is 2.40. The highest BCUT2D eigenvalue weighted by Gasteiger charge is 2.15. The van der Waals surface area contributed by atoms with Crippen LogP contribution in [0.15, 0.2) is 18.5 Å². The zero-order valence-corrected chi connectivity index (χ0v) is 9.99. The quantitative estimate of drug-likeness (QED) is 0.860. The number of ether oxygens (including phenoxy) is 1. The average molecular weight is 248 g/mol. The molecule has 2 aromatic rings. The van der Waals surface area contributed by atoms with Crippen LogP contribution in [0.5, 0.6) is 5.88 Å². The van der Waals surface area contributed by atoms with Crippen LogP contribution in [0.3, 0.4) is 0 Å². The Labute approximate surface area is 103 Å². The first-order valence-electron chi connectivity index (χ1n) is 5.24. The number of hydrogen-bond donors (Lipinski definition) is 1. The third-order valence-electron chi connectivity index (χ3n) is 2.40. The molecule has 7 nitrogen and oxygen atoms in total. The van der Waals surface area contributed by atoms with E-state index in [2.05, 4.69) is 15.1 Å². The summed E-state index contributed by atoms with van der Waals surface area (Å²) < 4.78 is 6.90. The maximum Gasteiger partial charge on any atom is 0.339 e. The second kappa shape index (κ2) is 4.82. The SMILES string of the molecule is Cc1nccc(OCc2c(C(=O)O)cnn2C)n1. The summed E-state index contributed by atoms with van der Waals surface area (Å²) in [6.07, 6.45) is 2.88. The van der Waals surface area contributed by atoms with Crippen LogP contribution < -0.4 is 4.74 Å². The molecule has 0 unspecified atom stereocenters. The molecule has 0 aliphatic carbocycles. The molecule has 0 saturated carbocycles. The summed E-state index contributed by atoms with van der Waals surface area (Å²) in [4.78, 5) is 19.0. The van der Waals surface area contributed by atoms with E-state index in [4.69, 9.17) is 9.84 Å². The Bertz CT molecular complexity index is 579. The number of aromatic nitrogens is 4. The fraction of sp³-hybridized carbons (Fsp3) is 0.273.